The van der Waals surface area contributed by atoms with Crippen molar-refractivity contribution >= 4 is 18.6 Å². The first kappa shape index (κ1) is 16.9. The topological polar surface area (TPSA) is 26.3 Å². The van der Waals surface area contributed by atoms with Crippen LogP contribution in [0.1, 0.15) is 39.5 Å². The molecule has 0 radical (unpaired) electrons. The molecule has 0 aromatic heterocycles. The molecule has 0 aliphatic heterocycles. The van der Waals surface area contributed by atoms with E-state index in [1.165, 1.54) is 12.8 Å². The van der Waals surface area contributed by atoms with Gasteiger partial charge in [0.25, 0.3) is 0 Å². The first-order valence-corrected chi connectivity index (χ1v) is 5.64. The molecular weight excluding hydrogens is 250 g/mol. The van der Waals surface area contributed by atoms with Gasteiger partial charge < -0.3 is 4.74 Å². The molecule has 0 saturated heterocycles. The average molecular weight is 270 g/mol. The Labute approximate surface area is 105 Å². The summed E-state index contributed by atoms with van der Waals surface area (Å²) >= 11 is 3.84. The van der Waals surface area contributed by atoms with Crippen LogP contribution in [0.2, 0.25) is 0 Å². The first-order valence-electron chi connectivity index (χ1n) is 5.01. The molecule has 0 amide bonds. The van der Waals surface area contributed by atoms with Crippen molar-refractivity contribution in [3.63, 3.8) is 0 Å². The Bertz CT molecular complexity index is 142. The second-order valence-corrected chi connectivity index (χ2v) is 3.57. The molecule has 4 heteroatoms. The van der Waals surface area contributed by atoms with E-state index in [9.17, 15) is 4.79 Å². The van der Waals surface area contributed by atoms with E-state index in [4.69, 9.17) is 4.74 Å². The number of ether oxygens (including phenoxy) is 1. The molecule has 0 saturated carbocycles. The summed E-state index contributed by atoms with van der Waals surface area (Å²) in [6.07, 6.45) is 4.67. The van der Waals surface area contributed by atoms with Crippen molar-refractivity contribution in [2.45, 2.75) is 39.5 Å². The van der Waals surface area contributed by atoms with E-state index in [0.29, 0.717) is 12.5 Å². The summed E-state index contributed by atoms with van der Waals surface area (Å²) < 4.78 is 5.03. The van der Waals surface area contributed by atoms with Gasteiger partial charge in [0, 0.05) is 19.5 Å². The van der Waals surface area contributed by atoms with Gasteiger partial charge in [-0.05, 0) is 12.3 Å². The van der Waals surface area contributed by atoms with Crippen molar-refractivity contribution in [3.8, 4) is 0 Å². The monoisotopic (exact) mass is 268 g/mol. The summed E-state index contributed by atoms with van der Waals surface area (Å²) in [5, 5.41) is 0. The predicted molar refractivity (Wildman–Crippen MR) is 58.1 cm³/mol. The second kappa shape index (κ2) is 11.5. The average Bonchev–Trinajstić information content (AvgIpc) is 2.17. The van der Waals surface area contributed by atoms with Crippen LogP contribution in [0.4, 0.5) is 0 Å². The minimum Gasteiger partial charge on any atom is -0.465 e. The number of hydrogen-bond donors (Lipinski definition) is 1. The van der Waals surface area contributed by atoms with Crippen LogP contribution in [-0.2, 0) is 29.0 Å². The maximum absolute atomic E-state index is 10.8. The maximum Gasteiger partial charge on any atom is 0.315 e. The zero-order chi connectivity index (χ0) is 10.1. The van der Waals surface area contributed by atoms with Crippen LogP contribution in [-0.4, -0.2) is 18.3 Å². The minimum absolute atomic E-state index is 0. The molecule has 0 fully saturated rings. The molecule has 80 valence electrons. The van der Waals surface area contributed by atoms with Crippen LogP contribution in [0, 0.1) is 5.92 Å². The number of carbonyl (C=O) groups excluding carboxylic acids is 1. The number of carbonyl (C=O) groups is 1. The van der Waals surface area contributed by atoms with Crippen LogP contribution >= 0.6 is 12.6 Å². The molecule has 0 rings (SSSR count). The van der Waals surface area contributed by atoms with Crippen molar-refractivity contribution in [2.24, 2.45) is 5.92 Å². The van der Waals surface area contributed by atoms with Gasteiger partial charge in [0.1, 0.15) is 0 Å². The Morgan fingerprint density at radius 2 is 2.07 bits per heavy atom. The van der Waals surface area contributed by atoms with Crippen molar-refractivity contribution in [1.29, 1.82) is 0 Å². The standard InChI is InChI=1S/C10H20O2S.Zn/c1-3-5-6-9(4-2)7-12-10(11)8-13;/h9,13H,3-8H2,1-2H3;. The third kappa shape index (κ3) is 9.02. The summed E-state index contributed by atoms with van der Waals surface area (Å²) in [5.74, 6) is 0.506. The molecule has 0 heterocycles. The van der Waals surface area contributed by atoms with Crippen LogP contribution in [0.3, 0.4) is 0 Å². The summed E-state index contributed by atoms with van der Waals surface area (Å²) in [5.41, 5.74) is 0. The zero-order valence-electron chi connectivity index (χ0n) is 9.29. The summed E-state index contributed by atoms with van der Waals surface area (Å²) in [6.45, 7) is 4.87. The van der Waals surface area contributed by atoms with Crippen molar-refractivity contribution < 1.29 is 29.0 Å². The Morgan fingerprint density at radius 1 is 1.43 bits per heavy atom. The molecule has 0 aliphatic carbocycles. The fourth-order valence-electron chi connectivity index (χ4n) is 1.15. The molecule has 0 bridgehead atoms. The van der Waals surface area contributed by atoms with Gasteiger partial charge in [0.05, 0.1) is 12.4 Å². The molecule has 0 aromatic rings. The fraction of sp³-hybridized carbons (Fsp3) is 0.900. The molecule has 0 spiro atoms. The second-order valence-electron chi connectivity index (χ2n) is 3.26. The van der Waals surface area contributed by atoms with Gasteiger partial charge in [-0.15, -0.1) is 0 Å². The van der Waals surface area contributed by atoms with Crippen LogP contribution < -0.4 is 0 Å². The van der Waals surface area contributed by atoms with E-state index in [1.807, 2.05) is 0 Å². The van der Waals surface area contributed by atoms with E-state index < -0.39 is 0 Å². The summed E-state index contributed by atoms with van der Waals surface area (Å²) in [6, 6.07) is 0. The van der Waals surface area contributed by atoms with Crippen molar-refractivity contribution in [1.82, 2.24) is 0 Å². The normalized spacial score (nSPS) is 11.6. The van der Waals surface area contributed by atoms with Gasteiger partial charge in [-0.2, -0.15) is 12.6 Å². The molecular formula is C10H20O2SZn. The molecule has 0 aliphatic rings. The van der Waals surface area contributed by atoms with E-state index in [1.54, 1.807) is 0 Å². The quantitative estimate of drug-likeness (QED) is 0.437. The van der Waals surface area contributed by atoms with Gasteiger partial charge in [-0.25, -0.2) is 0 Å². The molecule has 14 heavy (non-hydrogen) atoms. The Balaban J connectivity index is 0. The van der Waals surface area contributed by atoms with E-state index in [2.05, 4.69) is 26.5 Å². The molecule has 0 aromatic carbocycles. The minimum atomic E-state index is -0.210. The Kier molecular flexibility index (Phi) is 13.9. The zero-order valence-corrected chi connectivity index (χ0v) is 13.2. The largest absolute Gasteiger partial charge is 0.465 e. The predicted octanol–water partition coefficient (Wildman–Crippen LogP) is 2.67. The van der Waals surface area contributed by atoms with E-state index in [0.717, 1.165) is 12.8 Å². The number of rotatable bonds is 7. The molecule has 1 atom stereocenters. The Morgan fingerprint density at radius 3 is 2.50 bits per heavy atom. The maximum atomic E-state index is 10.8. The Hall–Kier alpha value is 0.443. The van der Waals surface area contributed by atoms with Crippen LogP contribution in [0.25, 0.3) is 0 Å². The summed E-state index contributed by atoms with van der Waals surface area (Å²) in [4.78, 5) is 10.8. The molecule has 1 unspecified atom stereocenters. The van der Waals surface area contributed by atoms with E-state index >= 15 is 0 Å². The van der Waals surface area contributed by atoms with Crippen LogP contribution in [0.5, 0.6) is 0 Å². The van der Waals surface area contributed by atoms with Gasteiger partial charge in [-0.3, -0.25) is 4.79 Å². The van der Waals surface area contributed by atoms with Gasteiger partial charge in [0.2, 0.25) is 0 Å². The molecule has 2 nitrogen and oxygen atoms in total. The number of esters is 1. The molecule has 0 N–H and O–H groups in total. The third-order valence-corrected chi connectivity index (χ3v) is 2.41. The van der Waals surface area contributed by atoms with Gasteiger partial charge in [0.15, 0.2) is 0 Å². The third-order valence-electron chi connectivity index (χ3n) is 2.15. The fourth-order valence-corrected chi connectivity index (χ4v) is 1.25. The van der Waals surface area contributed by atoms with Crippen LogP contribution in [0.15, 0.2) is 0 Å². The first-order chi connectivity index (χ1) is 6.24. The van der Waals surface area contributed by atoms with E-state index in [-0.39, 0.29) is 31.2 Å². The summed E-state index contributed by atoms with van der Waals surface area (Å²) in [7, 11) is 0. The SMILES string of the molecule is CCCCC(CC)COC(=O)CS.[Zn]. The number of unbranched alkanes of at least 4 members (excludes halogenated alkanes) is 1. The number of hydrogen-bond acceptors (Lipinski definition) is 3. The van der Waals surface area contributed by atoms with Gasteiger partial charge in [-0.1, -0.05) is 33.1 Å². The van der Waals surface area contributed by atoms with Crippen molar-refractivity contribution in [2.75, 3.05) is 12.4 Å². The van der Waals surface area contributed by atoms with Gasteiger partial charge >= 0.3 is 5.97 Å². The van der Waals surface area contributed by atoms with Crippen molar-refractivity contribution in [3.05, 3.63) is 0 Å². The smallest absolute Gasteiger partial charge is 0.315 e. The number of thiol groups is 1.